The van der Waals surface area contributed by atoms with Crippen molar-refractivity contribution in [3.05, 3.63) is 58.9 Å². The molecule has 0 spiro atoms. The van der Waals surface area contributed by atoms with Gasteiger partial charge in [-0.1, -0.05) is 11.6 Å². The molecular formula is C14H11ClFNO3S. The molecule has 0 atom stereocenters. The molecule has 0 fully saturated rings. The van der Waals surface area contributed by atoms with Crippen LogP contribution in [0.1, 0.15) is 10.4 Å². The molecule has 0 saturated heterocycles. The van der Waals surface area contributed by atoms with E-state index >= 15 is 0 Å². The summed E-state index contributed by atoms with van der Waals surface area (Å²) in [5.41, 5.74) is 0.168. The quantitative estimate of drug-likeness (QED) is 0.942. The lowest BCUT2D eigenvalue weighted by molar-refractivity contribution is 0.102. The van der Waals surface area contributed by atoms with Crippen LogP contribution in [0.15, 0.2) is 47.4 Å². The van der Waals surface area contributed by atoms with Crippen molar-refractivity contribution in [2.75, 3.05) is 11.6 Å². The van der Waals surface area contributed by atoms with Crippen LogP contribution in [0.4, 0.5) is 10.1 Å². The monoisotopic (exact) mass is 327 g/mol. The number of carbonyl (C=O) groups excluding carboxylic acids is 1. The van der Waals surface area contributed by atoms with Crippen LogP contribution < -0.4 is 5.32 Å². The highest BCUT2D eigenvalue weighted by atomic mass is 35.5. The summed E-state index contributed by atoms with van der Waals surface area (Å²) in [5, 5.41) is 2.67. The number of carbonyl (C=O) groups is 1. The Balaban J connectivity index is 2.23. The van der Waals surface area contributed by atoms with Gasteiger partial charge in [-0.15, -0.1) is 0 Å². The fraction of sp³-hybridized carbons (Fsp3) is 0.0714. The molecule has 2 rings (SSSR count). The maximum Gasteiger partial charge on any atom is 0.255 e. The molecule has 2 aromatic rings. The van der Waals surface area contributed by atoms with Crippen molar-refractivity contribution in [3.63, 3.8) is 0 Å². The maximum absolute atomic E-state index is 13.5. The standard InChI is InChI=1S/C14H11ClFNO3S/c1-21(19,20)11-5-2-9(3-6-11)14(18)17-13-8-10(15)4-7-12(13)16/h2-8H,1H3,(H,17,18). The first-order valence-electron chi connectivity index (χ1n) is 5.84. The van der Waals surface area contributed by atoms with Crippen molar-refractivity contribution in [2.24, 2.45) is 0 Å². The Bertz CT molecular complexity index is 788. The summed E-state index contributed by atoms with van der Waals surface area (Å²) in [4.78, 5) is 12.1. The second kappa shape index (κ2) is 5.83. The van der Waals surface area contributed by atoms with Gasteiger partial charge in [-0.25, -0.2) is 12.8 Å². The van der Waals surface area contributed by atoms with Crippen molar-refractivity contribution in [1.29, 1.82) is 0 Å². The lowest BCUT2D eigenvalue weighted by Crippen LogP contribution is -2.13. The lowest BCUT2D eigenvalue weighted by Gasteiger charge is -2.07. The Labute approximate surface area is 126 Å². The van der Waals surface area contributed by atoms with E-state index in [2.05, 4.69) is 5.32 Å². The van der Waals surface area contributed by atoms with E-state index < -0.39 is 21.6 Å². The predicted octanol–water partition coefficient (Wildman–Crippen LogP) is 3.13. The van der Waals surface area contributed by atoms with E-state index in [1.807, 2.05) is 0 Å². The van der Waals surface area contributed by atoms with Crippen molar-refractivity contribution >= 4 is 33.0 Å². The highest BCUT2D eigenvalue weighted by Crippen LogP contribution is 2.20. The summed E-state index contributed by atoms with van der Waals surface area (Å²) in [6.45, 7) is 0. The van der Waals surface area contributed by atoms with E-state index in [0.29, 0.717) is 5.02 Å². The highest BCUT2D eigenvalue weighted by molar-refractivity contribution is 7.90. The van der Waals surface area contributed by atoms with Gasteiger partial charge in [0.15, 0.2) is 9.84 Å². The van der Waals surface area contributed by atoms with Crippen molar-refractivity contribution in [2.45, 2.75) is 4.90 Å². The zero-order chi connectivity index (χ0) is 15.6. The molecule has 0 heterocycles. The number of amides is 1. The van der Waals surface area contributed by atoms with E-state index in [9.17, 15) is 17.6 Å². The smallest absolute Gasteiger partial charge is 0.255 e. The minimum atomic E-state index is -3.33. The average molecular weight is 328 g/mol. The van der Waals surface area contributed by atoms with Gasteiger partial charge in [0.2, 0.25) is 0 Å². The van der Waals surface area contributed by atoms with Crippen LogP contribution in [0.2, 0.25) is 5.02 Å². The number of nitrogens with one attached hydrogen (secondary N) is 1. The molecule has 21 heavy (non-hydrogen) atoms. The highest BCUT2D eigenvalue weighted by Gasteiger charge is 2.12. The molecule has 1 amide bonds. The second-order valence-corrected chi connectivity index (χ2v) is 6.83. The van der Waals surface area contributed by atoms with Gasteiger partial charge in [-0.3, -0.25) is 4.79 Å². The summed E-state index contributed by atoms with van der Waals surface area (Å²) < 4.78 is 36.2. The minimum Gasteiger partial charge on any atom is -0.319 e. The van der Waals surface area contributed by atoms with Crippen LogP contribution >= 0.6 is 11.6 Å². The molecule has 2 aromatic carbocycles. The second-order valence-electron chi connectivity index (χ2n) is 4.37. The van der Waals surface area contributed by atoms with E-state index in [1.54, 1.807) is 0 Å². The number of halogens is 2. The first-order chi connectivity index (χ1) is 9.77. The molecule has 0 unspecified atom stereocenters. The van der Waals surface area contributed by atoms with Gasteiger partial charge in [0.25, 0.3) is 5.91 Å². The van der Waals surface area contributed by atoms with E-state index in [1.165, 1.54) is 36.4 Å². The van der Waals surface area contributed by atoms with Crippen molar-refractivity contribution < 1.29 is 17.6 Å². The molecule has 0 aliphatic carbocycles. The number of rotatable bonds is 3. The first-order valence-corrected chi connectivity index (χ1v) is 8.11. The van der Waals surface area contributed by atoms with Gasteiger partial charge in [0.05, 0.1) is 10.6 Å². The molecule has 0 aliphatic rings. The van der Waals surface area contributed by atoms with Gasteiger partial charge in [-0.05, 0) is 42.5 Å². The fourth-order valence-electron chi connectivity index (χ4n) is 1.64. The van der Waals surface area contributed by atoms with Crippen LogP contribution in [0.25, 0.3) is 0 Å². The number of hydrogen-bond donors (Lipinski definition) is 1. The Hall–Kier alpha value is -1.92. The van der Waals surface area contributed by atoms with Crippen molar-refractivity contribution in [3.8, 4) is 0 Å². The normalized spacial score (nSPS) is 11.2. The molecule has 0 bridgehead atoms. The predicted molar refractivity (Wildman–Crippen MR) is 78.9 cm³/mol. The van der Waals surface area contributed by atoms with Crippen molar-refractivity contribution in [1.82, 2.24) is 0 Å². The Morgan fingerprint density at radius 2 is 1.76 bits per heavy atom. The first kappa shape index (κ1) is 15.5. The molecule has 0 saturated carbocycles. The van der Waals surface area contributed by atoms with Crippen LogP contribution in [0.5, 0.6) is 0 Å². The van der Waals surface area contributed by atoms with E-state index in [4.69, 9.17) is 11.6 Å². The van der Waals surface area contributed by atoms with Crippen LogP contribution in [-0.2, 0) is 9.84 Å². The fourth-order valence-corrected chi connectivity index (χ4v) is 2.44. The zero-order valence-corrected chi connectivity index (χ0v) is 12.5. The van der Waals surface area contributed by atoms with E-state index in [0.717, 1.165) is 12.3 Å². The lowest BCUT2D eigenvalue weighted by atomic mass is 10.2. The largest absolute Gasteiger partial charge is 0.319 e. The average Bonchev–Trinajstić information content (AvgIpc) is 2.42. The Kier molecular flexibility index (Phi) is 4.29. The van der Waals surface area contributed by atoms with Crippen LogP contribution in [0, 0.1) is 5.82 Å². The van der Waals surface area contributed by atoms with Gasteiger partial charge in [0.1, 0.15) is 5.82 Å². The molecule has 0 aromatic heterocycles. The molecule has 0 radical (unpaired) electrons. The van der Waals surface area contributed by atoms with Crippen LogP contribution in [0.3, 0.4) is 0 Å². The topological polar surface area (TPSA) is 63.2 Å². The third kappa shape index (κ3) is 3.80. The van der Waals surface area contributed by atoms with Crippen LogP contribution in [-0.4, -0.2) is 20.6 Å². The summed E-state index contributed by atoms with van der Waals surface area (Å²) in [6, 6.07) is 9.15. The van der Waals surface area contributed by atoms with E-state index in [-0.39, 0.29) is 16.1 Å². The summed E-state index contributed by atoms with van der Waals surface area (Å²) in [6.07, 6.45) is 1.07. The third-order valence-corrected chi connectivity index (χ3v) is 4.08. The molecule has 0 aliphatic heterocycles. The molecule has 4 nitrogen and oxygen atoms in total. The SMILES string of the molecule is CS(=O)(=O)c1ccc(C(=O)Nc2cc(Cl)ccc2F)cc1. The van der Waals surface area contributed by atoms with Gasteiger partial charge in [0, 0.05) is 16.8 Å². The van der Waals surface area contributed by atoms with Gasteiger partial charge >= 0.3 is 0 Å². The third-order valence-electron chi connectivity index (χ3n) is 2.72. The van der Waals surface area contributed by atoms with Gasteiger partial charge in [-0.2, -0.15) is 0 Å². The van der Waals surface area contributed by atoms with Gasteiger partial charge < -0.3 is 5.32 Å². The Morgan fingerprint density at radius 3 is 2.33 bits per heavy atom. The molecule has 1 N–H and O–H groups in total. The number of benzene rings is 2. The number of anilines is 1. The maximum atomic E-state index is 13.5. The molecular weight excluding hydrogens is 317 g/mol. The summed E-state index contributed by atoms with van der Waals surface area (Å²) in [5.74, 6) is -1.17. The molecule has 110 valence electrons. The summed E-state index contributed by atoms with van der Waals surface area (Å²) in [7, 11) is -3.33. The molecule has 7 heteroatoms. The number of hydrogen-bond acceptors (Lipinski definition) is 3. The zero-order valence-electron chi connectivity index (χ0n) is 10.9. The Morgan fingerprint density at radius 1 is 1.14 bits per heavy atom. The summed E-state index contributed by atoms with van der Waals surface area (Å²) >= 11 is 5.73. The minimum absolute atomic E-state index is 0.0420. The number of sulfone groups is 1.